The smallest absolute Gasteiger partial charge is 0.120 e. The third kappa shape index (κ3) is 6.92. The van der Waals surface area contributed by atoms with Crippen molar-refractivity contribution in [3.05, 3.63) is 182 Å². The number of hydrogen-bond acceptors (Lipinski definition) is 3. The molecule has 0 fully saturated rings. The summed E-state index contributed by atoms with van der Waals surface area (Å²) in [4.78, 5) is 9.66. The van der Waals surface area contributed by atoms with E-state index in [9.17, 15) is 0 Å². The summed E-state index contributed by atoms with van der Waals surface area (Å²) in [6.45, 7) is 4.76. The molecule has 6 heteroatoms. The Balaban J connectivity index is 0.000000197. The normalized spacial score (nSPS) is 12.4. The van der Waals surface area contributed by atoms with E-state index in [0.29, 0.717) is 5.56 Å². The predicted octanol–water partition coefficient (Wildman–Crippen LogP) is 12.6. The molecule has 1 radical (unpaired) electrons. The van der Waals surface area contributed by atoms with Gasteiger partial charge in [-0.2, -0.15) is 0 Å². The molecule has 7 aromatic carbocycles. The van der Waals surface area contributed by atoms with Gasteiger partial charge in [-0.05, 0) is 40.0 Å². The fourth-order valence-electron chi connectivity index (χ4n) is 7.20. The first kappa shape index (κ1) is 33.4. The van der Waals surface area contributed by atoms with Gasteiger partial charge in [0.15, 0.2) is 0 Å². The fraction of sp³-hybridized carbons (Fsp3) is 0.0800. The molecule has 56 heavy (non-hydrogen) atoms. The van der Waals surface area contributed by atoms with Crippen LogP contribution >= 0.6 is 0 Å². The van der Waals surface area contributed by atoms with Gasteiger partial charge in [0.1, 0.15) is 5.58 Å². The zero-order valence-corrected chi connectivity index (χ0v) is 34.6. The van der Waals surface area contributed by atoms with Crippen molar-refractivity contribution in [3.8, 4) is 39.5 Å². The van der Waals surface area contributed by atoms with Crippen LogP contribution in [0.4, 0.5) is 0 Å². The van der Waals surface area contributed by atoms with E-state index in [2.05, 4.69) is 144 Å². The maximum atomic E-state index is 7.35. The number of pyridine rings is 1. The number of aromatic nitrogens is 3. The Bertz CT molecular complexity index is 3020. The van der Waals surface area contributed by atoms with Crippen LogP contribution in [0.15, 0.2) is 168 Å². The average Bonchev–Trinajstić information content (AvgIpc) is 3.82. The Labute approximate surface area is 346 Å². The number of nitrogens with zero attached hydrogens (tertiary/aromatic N) is 3. The second-order valence-electron chi connectivity index (χ2n) is 14.7. The monoisotopic (exact) mass is 921 g/mol. The summed E-state index contributed by atoms with van der Waals surface area (Å²) in [6.07, 6.45) is 1.92. The Morgan fingerprint density at radius 1 is 0.696 bits per heavy atom. The molecule has 0 unspecified atom stereocenters. The number of benzene rings is 7. The topological polar surface area (TPSA) is 43.9 Å². The predicted molar refractivity (Wildman–Crippen MR) is 232 cm³/mol. The molecule has 0 aliphatic carbocycles. The first-order valence-electron chi connectivity index (χ1n) is 19.9. The Morgan fingerprint density at radius 3 is 2.23 bits per heavy atom. The van der Waals surface area contributed by atoms with Crippen LogP contribution in [0.3, 0.4) is 0 Å². The minimum atomic E-state index is -2.08. The maximum absolute atomic E-state index is 7.35. The van der Waals surface area contributed by atoms with E-state index in [-0.39, 0.29) is 20.1 Å². The summed E-state index contributed by atoms with van der Waals surface area (Å²) in [5, 5.41) is 5.80. The van der Waals surface area contributed by atoms with Crippen molar-refractivity contribution in [2.45, 2.75) is 26.5 Å². The van der Waals surface area contributed by atoms with E-state index in [1.54, 1.807) is 12.1 Å². The van der Waals surface area contributed by atoms with Crippen LogP contribution < -0.4 is 5.19 Å². The molecule has 3 aromatic heterocycles. The molecule has 0 bridgehead atoms. The third-order valence-corrected chi connectivity index (χ3v) is 12.1. The molecule has 4 nitrogen and oxygen atoms in total. The van der Waals surface area contributed by atoms with Crippen LogP contribution in [-0.4, -0.2) is 22.6 Å². The Kier molecular flexibility index (Phi) is 9.14. The van der Waals surface area contributed by atoms with Gasteiger partial charge in [-0.25, -0.2) is 0 Å². The quantitative estimate of drug-likeness (QED) is 0.128. The van der Waals surface area contributed by atoms with Crippen molar-refractivity contribution in [1.82, 2.24) is 14.5 Å². The molecular weight excluding hydrogens is 879 g/mol. The van der Waals surface area contributed by atoms with Crippen LogP contribution in [0.25, 0.3) is 83.2 Å². The number of fused-ring (bicyclic) bond motifs is 5. The van der Waals surface area contributed by atoms with Crippen molar-refractivity contribution in [1.29, 1.82) is 0 Å². The van der Waals surface area contributed by atoms with E-state index < -0.39 is 14.9 Å². The van der Waals surface area contributed by atoms with Gasteiger partial charge < -0.3 is 14.0 Å². The van der Waals surface area contributed by atoms with Gasteiger partial charge in [0, 0.05) is 46.8 Å². The van der Waals surface area contributed by atoms with Gasteiger partial charge in [-0.1, -0.05) is 147 Å². The van der Waals surface area contributed by atoms with E-state index in [1.165, 1.54) is 16.6 Å². The summed E-state index contributed by atoms with van der Waals surface area (Å²) >= 11 is 0. The van der Waals surface area contributed by atoms with Crippen molar-refractivity contribution >= 4 is 57.0 Å². The van der Waals surface area contributed by atoms with Crippen molar-refractivity contribution in [2.75, 3.05) is 0 Å². The summed E-state index contributed by atoms with van der Waals surface area (Å²) in [7, 11) is -1.34. The van der Waals surface area contributed by atoms with E-state index in [4.69, 9.17) is 13.5 Å². The molecule has 0 aliphatic heterocycles. The molecule has 0 amide bonds. The zero-order chi connectivity index (χ0) is 40.0. The number of furan rings is 1. The number of rotatable bonds is 5. The molecule has 0 saturated carbocycles. The van der Waals surface area contributed by atoms with Gasteiger partial charge in [0.2, 0.25) is 0 Å². The zero-order valence-electron chi connectivity index (χ0n) is 34.2. The minimum absolute atomic E-state index is 0. The second-order valence-corrected chi connectivity index (χ2v) is 19.8. The number of imidazole rings is 1. The van der Waals surface area contributed by atoms with Crippen LogP contribution in [0, 0.1) is 19.0 Å². The molecule has 10 rings (SSSR count). The largest absolute Gasteiger partial charge is 0.501 e. The summed E-state index contributed by atoms with van der Waals surface area (Å²) in [5.74, 6) is 0.810. The van der Waals surface area contributed by atoms with Crippen LogP contribution in [0.2, 0.25) is 19.6 Å². The molecular formula is C50H39IrN3OSi-2. The maximum Gasteiger partial charge on any atom is 0.120 e. The average molecular weight is 921 g/mol. The molecule has 0 saturated heterocycles. The van der Waals surface area contributed by atoms with E-state index in [1.807, 2.05) is 42.6 Å². The van der Waals surface area contributed by atoms with E-state index >= 15 is 0 Å². The van der Waals surface area contributed by atoms with Crippen LogP contribution in [0.5, 0.6) is 0 Å². The molecule has 10 aromatic rings. The SMILES string of the molecule is [2H]C([2H])([2H])c1c[c-]c(-c2ccc([Si](C)(C)C)cn2)cc1.[Ir].[c-]1ccc2c(oc3ccccc32)c1-c1nc2ccccc2n1-c1c(-c2ccccc2)ccc2ccccc12. The first-order valence-corrected chi connectivity index (χ1v) is 21.9. The Hall–Kier alpha value is -5.91. The summed E-state index contributed by atoms with van der Waals surface area (Å²) in [5.41, 5.74) is 9.82. The summed E-state index contributed by atoms with van der Waals surface area (Å²) < 4.78 is 30.8. The summed E-state index contributed by atoms with van der Waals surface area (Å²) in [6, 6.07) is 59.6. The van der Waals surface area contributed by atoms with Crippen molar-refractivity contribution in [3.63, 3.8) is 0 Å². The van der Waals surface area contributed by atoms with Gasteiger partial charge in [-0.3, -0.25) is 4.98 Å². The third-order valence-electron chi connectivity index (χ3n) is 10.1. The molecule has 275 valence electrons. The first-order chi connectivity index (χ1) is 28.0. The van der Waals surface area contributed by atoms with Gasteiger partial charge >= 0.3 is 0 Å². The number of hydrogen-bond donors (Lipinski definition) is 0. The molecule has 3 heterocycles. The van der Waals surface area contributed by atoms with E-state index in [0.717, 1.165) is 77.8 Å². The molecule has 0 spiro atoms. The van der Waals surface area contributed by atoms with Gasteiger partial charge in [0.25, 0.3) is 0 Å². The van der Waals surface area contributed by atoms with Crippen LogP contribution in [-0.2, 0) is 20.1 Å². The minimum Gasteiger partial charge on any atom is -0.501 e. The standard InChI is InChI=1S/C35H21N2O.C15H18NSi.Ir/c1-2-11-23(12-3-1)26-22-21-24-13-4-5-14-25(24)33(26)37-31-19-8-7-18-30(31)36-35(37)29-17-10-16-28-27-15-6-9-20-32(27)38-34(28)29;1-12-5-7-13(8-6-12)15-10-9-14(11-16-15)17(2,3)4;/h1-16,18-22H;5-7,9-11H,1-4H3;/q2*-1;/i;1D3;. The van der Waals surface area contributed by atoms with Crippen molar-refractivity contribution in [2.24, 2.45) is 0 Å². The van der Waals surface area contributed by atoms with Gasteiger partial charge in [0.05, 0.1) is 36.2 Å². The van der Waals surface area contributed by atoms with Gasteiger partial charge in [-0.15, -0.1) is 53.6 Å². The van der Waals surface area contributed by atoms with Crippen molar-refractivity contribution < 1.29 is 28.6 Å². The van der Waals surface area contributed by atoms with Crippen LogP contribution in [0.1, 0.15) is 9.68 Å². The number of para-hydroxylation sites is 3. The Morgan fingerprint density at radius 2 is 1.46 bits per heavy atom. The molecule has 0 N–H and O–H groups in total. The molecule has 0 atom stereocenters. The molecule has 0 aliphatic rings. The second kappa shape index (κ2) is 15.3. The number of aryl methyl sites for hydroxylation is 1. The fourth-order valence-corrected chi connectivity index (χ4v) is 8.24.